The number of likely N-dealkylation sites (N-methyl/N-ethyl adjacent to an activating group) is 2. The molecule has 204 valence electrons. The van der Waals surface area contributed by atoms with Crippen LogP contribution in [0.15, 0.2) is 58.5 Å². The van der Waals surface area contributed by atoms with Gasteiger partial charge in [-0.25, -0.2) is 9.98 Å². The molecule has 2 heterocycles. The summed E-state index contributed by atoms with van der Waals surface area (Å²) in [6, 6.07) is 16.2. The van der Waals surface area contributed by atoms with Gasteiger partial charge in [0, 0.05) is 47.6 Å². The van der Waals surface area contributed by atoms with Crippen LogP contribution < -0.4 is 21.3 Å². The summed E-state index contributed by atoms with van der Waals surface area (Å²) in [5.41, 5.74) is 12.9. The molecule has 8 nitrogen and oxygen atoms in total. The Kier molecular flexibility index (Phi) is 10.8. The van der Waals surface area contributed by atoms with Crippen molar-refractivity contribution in [2.45, 2.75) is 46.2 Å². The van der Waals surface area contributed by atoms with E-state index in [1.807, 2.05) is 62.4 Å². The molecule has 2 aliphatic rings. The van der Waals surface area contributed by atoms with Crippen molar-refractivity contribution in [3.05, 3.63) is 58.6 Å². The van der Waals surface area contributed by atoms with Crippen LogP contribution in [0.3, 0.4) is 0 Å². The molecule has 4 N–H and O–H groups in total. The third-order valence-corrected chi connectivity index (χ3v) is 6.54. The molecule has 0 bridgehead atoms. The third-order valence-electron chi connectivity index (χ3n) is 6.03. The second kappa shape index (κ2) is 13.1. The van der Waals surface area contributed by atoms with Crippen molar-refractivity contribution in [1.29, 1.82) is 0 Å². The molecule has 0 unspecified atom stereocenters. The zero-order chi connectivity index (χ0) is 26.3. The molecule has 0 aliphatic carbocycles. The Morgan fingerprint density at radius 2 is 1.05 bits per heavy atom. The van der Waals surface area contributed by atoms with Crippen LogP contribution in [0.1, 0.15) is 35.1 Å². The van der Waals surface area contributed by atoms with Crippen LogP contribution in [0.2, 0.25) is 10.0 Å². The Morgan fingerprint density at radius 3 is 1.30 bits per heavy atom. The Hall–Kier alpha value is -2.84. The number of hydrogen-bond donors (Lipinski definition) is 2. The summed E-state index contributed by atoms with van der Waals surface area (Å²) in [6.07, 6.45) is 0. The van der Waals surface area contributed by atoms with E-state index in [-0.39, 0.29) is 30.5 Å². The number of nitrogens with zero attached hydrogens (tertiary/aromatic N) is 4. The van der Waals surface area contributed by atoms with E-state index in [4.69, 9.17) is 44.1 Å². The molecular formula is C27H40Cl2N6O2. The van der Waals surface area contributed by atoms with E-state index in [9.17, 15) is 0 Å². The molecule has 2 atom stereocenters. The van der Waals surface area contributed by atoms with Crippen LogP contribution in [0.4, 0.5) is 11.4 Å². The van der Waals surface area contributed by atoms with Gasteiger partial charge in [0.05, 0.1) is 0 Å². The zero-order valence-corrected chi connectivity index (χ0v) is 22.9. The smallest absolute Gasteiger partial charge is 0.282 e. The van der Waals surface area contributed by atoms with Gasteiger partial charge in [-0.2, -0.15) is 0 Å². The SMILES string of the molecule is C.CCN(C[C@@]1(C)COC(N)=N1)c1ccc(Cl)cc1.CCN(C[C@]1(C)COC(N)=N1)c1ccc(Cl)cc1. The molecule has 0 spiro atoms. The summed E-state index contributed by atoms with van der Waals surface area (Å²) in [5.74, 6) is 0. The van der Waals surface area contributed by atoms with Crippen LogP contribution in [-0.4, -0.2) is 62.5 Å². The molecule has 2 aliphatic heterocycles. The van der Waals surface area contributed by atoms with Gasteiger partial charge in [0.25, 0.3) is 12.0 Å². The lowest BCUT2D eigenvalue weighted by atomic mass is 10.0. The average molecular weight is 552 g/mol. The van der Waals surface area contributed by atoms with Gasteiger partial charge < -0.3 is 30.7 Å². The molecule has 2 aromatic carbocycles. The first-order valence-corrected chi connectivity index (χ1v) is 12.8. The van der Waals surface area contributed by atoms with Crippen LogP contribution in [-0.2, 0) is 9.47 Å². The van der Waals surface area contributed by atoms with Crippen molar-refractivity contribution in [3.63, 3.8) is 0 Å². The summed E-state index contributed by atoms with van der Waals surface area (Å²) in [7, 11) is 0. The fourth-order valence-corrected chi connectivity index (χ4v) is 4.43. The lowest BCUT2D eigenvalue weighted by molar-refractivity contribution is 0.266. The van der Waals surface area contributed by atoms with Crippen molar-refractivity contribution in [2.24, 2.45) is 21.5 Å². The maximum Gasteiger partial charge on any atom is 0.282 e. The molecule has 0 aromatic heterocycles. The van der Waals surface area contributed by atoms with E-state index in [1.54, 1.807) is 0 Å². The maximum atomic E-state index is 5.90. The summed E-state index contributed by atoms with van der Waals surface area (Å²) in [5, 5.41) is 1.49. The molecule has 0 saturated carbocycles. The molecular weight excluding hydrogens is 511 g/mol. The van der Waals surface area contributed by atoms with Crippen molar-refractivity contribution in [3.8, 4) is 0 Å². The number of hydrogen-bond acceptors (Lipinski definition) is 8. The van der Waals surface area contributed by atoms with Gasteiger partial charge in [-0.05, 0) is 76.2 Å². The zero-order valence-electron chi connectivity index (χ0n) is 21.4. The van der Waals surface area contributed by atoms with E-state index in [2.05, 4.69) is 33.6 Å². The minimum atomic E-state index is -0.278. The molecule has 10 heteroatoms. The van der Waals surface area contributed by atoms with Crippen LogP contribution in [0, 0.1) is 0 Å². The van der Waals surface area contributed by atoms with Gasteiger partial charge in [0.2, 0.25) is 0 Å². The second-order valence-electron chi connectivity index (χ2n) is 9.45. The van der Waals surface area contributed by atoms with E-state index < -0.39 is 0 Å². The molecule has 0 amide bonds. The molecule has 0 radical (unpaired) electrons. The Bertz CT molecular complexity index is 978. The number of aliphatic imine (C=N–C) groups is 2. The minimum Gasteiger partial charge on any atom is -0.463 e. The number of anilines is 2. The van der Waals surface area contributed by atoms with Gasteiger partial charge >= 0.3 is 0 Å². The molecule has 0 saturated heterocycles. The first-order chi connectivity index (χ1) is 17.0. The lowest BCUT2D eigenvalue weighted by Gasteiger charge is -2.30. The first kappa shape index (κ1) is 30.4. The molecule has 2 aromatic rings. The number of rotatable bonds is 8. The highest BCUT2D eigenvalue weighted by molar-refractivity contribution is 6.30. The van der Waals surface area contributed by atoms with Crippen molar-refractivity contribution < 1.29 is 9.47 Å². The lowest BCUT2D eigenvalue weighted by Crippen LogP contribution is -2.40. The predicted octanol–water partition coefficient (Wildman–Crippen LogP) is 5.18. The first-order valence-electron chi connectivity index (χ1n) is 12.0. The summed E-state index contributed by atoms with van der Waals surface area (Å²) in [6.45, 7) is 12.7. The van der Waals surface area contributed by atoms with Crippen LogP contribution in [0.25, 0.3) is 0 Å². The largest absolute Gasteiger partial charge is 0.463 e. The van der Waals surface area contributed by atoms with Gasteiger partial charge in [-0.3, -0.25) is 0 Å². The second-order valence-corrected chi connectivity index (χ2v) is 10.3. The summed E-state index contributed by atoms with van der Waals surface area (Å²) >= 11 is 11.8. The fourth-order valence-electron chi connectivity index (χ4n) is 4.18. The highest BCUT2D eigenvalue weighted by atomic mass is 35.5. The average Bonchev–Trinajstić information content (AvgIpc) is 3.37. The van der Waals surface area contributed by atoms with E-state index in [0.717, 1.165) is 47.6 Å². The number of halogens is 2. The summed E-state index contributed by atoms with van der Waals surface area (Å²) < 4.78 is 10.5. The molecule has 4 rings (SSSR count). The Morgan fingerprint density at radius 1 is 0.730 bits per heavy atom. The van der Waals surface area contributed by atoms with Gasteiger partial charge in [0.15, 0.2) is 0 Å². The topological polar surface area (TPSA) is 102 Å². The maximum absolute atomic E-state index is 5.90. The number of nitrogens with two attached hydrogens (primary N) is 2. The minimum absolute atomic E-state index is 0. The van der Waals surface area contributed by atoms with Crippen LogP contribution >= 0.6 is 23.2 Å². The van der Waals surface area contributed by atoms with E-state index in [0.29, 0.717) is 13.2 Å². The highest BCUT2D eigenvalue weighted by Gasteiger charge is 2.33. The number of ether oxygens (including phenoxy) is 2. The highest BCUT2D eigenvalue weighted by Crippen LogP contribution is 2.25. The van der Waals surface area contributed by atoms with Crippen molar-refractivity contribution in [2.75, 3.05) is 49.2 Å². The third kappa shape index (κ3) is 8.61. The predicted molar refractivity (Wildman–Crippen MR) is 157 cm³/mol. The van der Waals surface area contributed by atoms with Gasteiger partial charge in [0.1, 0.15) is 24.3 Å². The van der Waals surface area contributed by atoms with Crippen LogP contribution in [0.5, 0.6) is 0 Å². The van der Waals surface area contributed by atoms with Gasteiger partial charge in [-0.1, -0.05) is 30.6 Å². The van der Waals surface area contributed by atoms with Crippen molar-refractivity contribution in [1.82, 2.24) is 0 Å². The normalized spacial score (nSPS) is 21.9. The van der Waals surface area contributed by atoms with Gasteiger partial charge in [-0.15, -0.1) is 0 Å². The standard InChI is InChI=1S/2C13H18ClN3O.CH4/c2*1-3-17(11-6-4-10(14)5-7-11)8-13(2)9-18-12(15)16-13;/h2*4-7H,3,8-9H2,1-2H3,(H2,15,16);1H4/t2*13-;/m10./s1. The number of benzene rings is 2. The Balaban J connectivity index is 0.000000253. The quantitative estimate of drug-likeness (QED) is 0.469. The fraction of sp³-hybridized carbons (Fsp3) is 0.481. The monoisotopic (exact) mass is 550 g/mol. The number of amidine groups is 2. The summed E-state index contributed by atoms with van der Waals surface area (Å²) in [4.78, 5) is 13.2. The molecule has 37 heavy (non-hydrogen) atoms. The molecule has 0 fully saturated rings. The van der Waals surface area contributed by atoms with E-state index in [1.165, 1.54) is 0 Å². The Labute approximate surface area is 231 Å². The van der Waals surface area contributed by atoms with E-state index >= 15 is 0 Å². The van der Waals surface area contributed by atoms with Crippen molar-refractivity contribution >= 4 is 46.6 Å².